The fourth-order valence-electron chi connectivity index (χ4n) is 1.67. The van der Waals surface area contributed by atoms with Gasteiger partial charge in [-0.15, -0.1) is 0 Å². The molecule has 0 aliphatic carbocycles. The Bertz CT molecular complexity index is 407. The molecule has 1 N–H and O–H groups in total. The lowest BCUT2D eigenvalue weighted by molar-refractivity contribution is -0.137. The SMILES string of the molecule is O=C(Cc1ccc(C(F)(F)F)cc1)C1CNC1. The molecule has 0 atom stereocenters. The molecular formula is C12H12F3NO. The van der Waals surface area contributed by atoms with Gasteiger partial charge in [-0.3, -0.25) is 4.79 Å². The molecule has 1 fully saturated rings. The number of rotatable bonds is 3. The molecule has 92 valence electrons. The highest BCUT2D eigenvalue weighted by Crippen LogP contribution is 2.29. The first kappa shape index (κ1) is 12.1. The minimum Gasteiger partial charge on any atom is -0.315 e. The van der Waals surface area contributed by atoms with Crippen LogP contribution in [0.25, 0.3) is 0 Å². The van der Waals surface area contributed by atoms with Gasteiger partial charge in [-0.2, -0.15) is 13.2 Å². The normalized spacial score (nSPS) is 16.6. The van der Waals surface area contributed by atoms with Crippen LogP contribution in [0.2, 0.25) is 0 Å². The number of halogens is 3. The van der Waals surface area contributed by atoms with Crippen molar-refractivity contribution in [3.63, 3.8) is 0 Å². The van der Waals surface area contributed by atoms with Gasteiger partial charge < -0.3 is 5.32 Å². The van der Waals surface area contributed by atoms with Crippen molar-refractivity contribution in [1.29, 1.82) is 0 Å². The highest BCUT2D eigenvalue weighted by molar-refractivity contribution is 5.84. The van der Waals surface area contributed by atoms with Gasteiger partial charge in [0.15, 0.2) is 0 Å². The van der Waals surface area contributed by atoms with Gasteiger partial charge >= 0.3 is 6.18 Å². The molecule has 5 heteroatoms. The zero-order valence-electron chi connectivity index (χ0n) is 9.05. The molecular weight excluding hydrogens is 231 g/mol. The second-order valence-corrected chi connectivity index (χ2v) is 4.19. The van der Waals surface area contributed by atoms with Crippen LogP contribution in [0.3, 0.4) is 0 Å². The Kier molecular flexibility index (Phi) is 3.19. The van der Waals surface area contributed by atoms with Crippen LogP contribution in [0.1, 0.15) is 11.1 Å². The van der Waals surface area contributed by atoms with E-state index < -0.39 is 11.7 Å². The molecule has 1 saturated heterocycles. The summed E-state index contributed by atoms with van der Waals surface area (Å²) in [6.45, 7) is 1.36. The minimum atomic E-state index is -4.32. The van der Waals surface area contributed by atoms with Crippen molar-refractivity contribution in [1.82, 2.24) is 5.32 Å². The van der Waals surface area contributed by atoms with Crippen molar-refractivity contribution in [2.45, 2.75) is 12.6 Å². The second-order valence-electron chi connectivity index (χ2n) is 4.19. The van der Waals surface area contributed by atoms with E-state index in [0.29, 0.717) is 18.7 Å². The van der Waals surface area contributed by atoms with E-state index in [-0.39, 0.29) is 18.1 Å². The van der Waals surface area contributed by atoms with E-state index in [1.807, 2.05) is 0 Å². The lowest BCUT2D eigenvalue weighted by Crippen LogP contribution is -2.47. The van der Waals surface area contributed by atoms with Crippen molar-refractivity contribution in [3.05, 3.63) is 35.4 Å². The van der Waals surface area contributed by atoms with Crippen LogP contribution in [0.4, 0.5) is 13.2 Å². The maximum absolute atomic E-state index is 12.3. The van der Waals surface area contributed by atoms with Crippen LogP contribution >= 0.6 is 0 Å². The van der Waals surface area contributed by atoms with Crippen molar-refractivity contribution in [2.24, 2.45) is 5.92 Å². The van der Waals surface area contributed by atoms with Crippen molar-refractivity contribution < 1.29 is 18.0 Å². The van der Waals surface area contributed by atoms with Crippen LogP contribution in [0, 0.1) is 5.92 Å². The Morgan fingerprint density at radius 3 is 2.24 bits per heavy atom. The van der Waals surface area contributed by atoms with Crippen LogP contribution in [0.5, 0.6) is 0 Å². The third-order valence-corrected chi connectivity index (χ3v) is 2.90. The van der Waals surface area contributed by atoms with Crippen LogP contribution in [0.15, 0.2) is 24.3 Å². The van der Waals surface area contributed by atoms with E-state index in [9.17, 15) is 18.0 Å². The first-order valence-corrected chi connectivity index (χ1v) is 5.36. The molecule has 1 aliphatic heterocycles. The van der Waals surface area contributed by atoms with Gasteiger partial charge in [-0.1, -0.05) is 12.1 Å². The summed E-state index contributed by atoms with van der Waals surface area (Å²) in [6.07, 6.45) is -4.11. The smallest absolute Gasteiger partial charge is 0.315 e. The number of carbonyl (C=O) groups is 1. The summed E-state index contributed by atoms with van der Waals surface area (Å²) < 4.78 is 36.9. The van der Waals surface area contributed by atoms with Gasteiger partial charge in [0.05, 0.1) is 5.56 Å². The standard InChI is InChI=1S/C12H12F3NO/c13-12(14,15)10-3-1-8(2-4-10)5-11(17)9-6-16-7-9/h1-4,9,16H,5-7H2. The fraction of sp³-hybridized carbons (Fsp3) is 0.417. The molecule has 0 unspecified atom stereocenters. The predicted octanol–water partition coefficient (Wildman–Crippen LogP) is 2.04. The molecule has 0 spiro atoms. The zero-order chi connectivity index (χ0) is 12.5. The highest BCUT2D eigenvalue weighted by atomic mass is 19.4. The zero-order valence-corrected chi connectivity index (χ0v) is 9.05. The maximum atomic E-state index is 12.3. The average Bonchev–Trinajstić information content (AvgIpc) is 2.13. The van der Waals surface area contributed by atoms with Crippen molar-refractivity contribution in [2.75, 3.05) is 13.1 Å². The summed E-state index contributed by atoms with van der Waals surface area (Å²) in [7, 11) is 0. The first-order valence-electron chi connectivity index (χ1n) is 5.36. The Morgan fingerprint density at radius 2 is 1.82 bits per heavy atom. The van der Waals surface area contributed by atoms with Crippen molar-refractivity contribution in [3.8, 4) is 0 Å². The Balaban J connectivity index is 2.00. The number of hydrogen-bond donors (Lipinski definition) is 1. The number of benzene rings is 1. The lowest BCUT2D eigenvalue weighted by Gasteiger charge is -2.25. The first-order chi connectivity index (χ1) is 7.97. The number of ketones is 1. The molecule has 1 aliphatic rings. The fourth-order valence-corrected chi connectivity index (χ4v) is 1.67. The van der Waals surface area contributed by atoms with E-state index >= 15 is 0 Å². The molecule has 0 radical (unpaired) electrons. The lowest BCUT2D eigenvalue weighted by atomic mass is 9.93. The third kappa shape index (κ3) is 2.85. The molecule has 0 amide bonds. The van der Waals surface area contributed by atoms with Gasteiger partial charge in [-0.05, 0) is 17.7 Å². The largest absolute Gasteiger partial charge is 0.416 e. The number of hydrogen-bond acceptors (Lipinski definition) is 2. The van der Waals surface area contributed by atoms with Gasteiger partial charge in [0.2, 0.25) is 0 Å². The Morgan fingerprint density at radius 1 is 1.24 bits per heavy atom. The number of alkyl halides is 3. The molecule has 1 heterocycles. The molecule has 2 nitrogen and oxygen atoms in total. The third-order valence-electron chi connectivity index (χ3n) is 2.90. The molecule has 1 aromatic carbocycles. The molecule has 0 aromatic heterocycles. The molecule has 1 aromatic rings. The molecule has 0 saturated carbocycles. The van der Waals surface area contributed by atoms with Gasteiger partial charge in [0, 0.05) is 25.4 Å². The highest BCUT2D eigenvalue weighted by Gasteiger charge is 2.30. The number of nitrogens with one attached hydrogen (secondary N) is 1. The van der Waals surface area contributed by atoms with Crippen molar-refractivity contribution >= 4 is 5.78 Å². The van der Waals surface area contributed by atoms with E-state index in [4.69, 9.17) is 0 Å². The number of carbonyl (C=O) groups excluding carboxylic acids is 1. The number of Topliss-reactive ketones (excluding diaryl/α,β-unsaturated/α-hetero) is 1. The van der Waals surface area contributed by atoms with E-state index in [1.54, 1.807) is 0 Å². The Labute approximate surface area is 96.8 Å². The van der Waals surface area contributed by atoms with Crippen LogP contribution < -0.4 is 5.32 Å². The summed E-state index contributed by atoms with van der Waals surface area (Å²) in [6, 6.07) is 4.77. The minimum absolute atomic E-state index is 0.0253. The maximum Gasteiger partial charge on any atom is 0.416 e. The Hall–Kier alpha value is -1.36. The predicted molar refractivity (Wildman–Crippen MR) is 56.5 cm³/mol. The van der Waals surface area contributed by atoms with Crippen LogP contribution in [-0.4, -0.2) is 18.9 Å². The van der Waals surface area contributed by atoms with E-state index in [1.165, 1.54) is 12.1 Å². The summed E-state index contributed by atoms with van der Waals surface area (Å²) >= 11 is 0. The molecule has 2 rings (SSSR count). The quantitative estimate of drug-likeness (QED) is 0.880. The molecule has 17 heavy (non-hydrogen) atoms. The monoisotopic (exact) mass is 243 g/mol. The van der Waals surface area contributed by atoms with Gasteiger partial charge in [0.1, 0.15) is 5.78 Å². The average molecular weight is 243 g/mol. The van der Waals surface area contributed by atoms with E-state index in [2.05, 4.69) is 5.32 Å². The van der Waals surface area contributed by atoms with E-state index in [0.717, 1.165) is 12.1 Å². The summed E-state index contributed by atoms with van der Waals surface area (Å²) in [5.74, 6) is 0.112. The summed E-state index contributed by atoms with van der Waals surface area (Å²) in [5.41, 5.74) is -0.0473. The topological polar surface area (TPSA) is 29.1 Å². The second kappa shape index (κ2) is 4.49. The summed E-state index contributed by atoms with van der Waals surface area (Å²) in [4.78, 5) is 11.6. The van der Waals surface area contributed by atoms with Crippen LogP contribution in [-0.2, 0) is 17.4 Å². The van der Waals surface area contributed by atoms with Gasteiger partial charge in [-0.25, -0.2) is 0 Å². The molecule has 0 bridgehead atoms. The van der Waals surface area contributed by atoms with Gasteiger partial charge in [0.25, 0.3) is 0 Å². The summed E-state index contributed by atoms with van der Waals surface area (Å²) in [5, 5.41) is 2.99.